The average molecular weight is 716 g/mol. The Morgan fingerprint density at radius 3 is 2.61 bits per heavy atom. The van der Waals surface area contributed by atoms with Crippen LogP contribution in [-0.2, 0) is 35.1 Å². The standard InChI is InChI=1S/C39H57NO11/c1-9-29(46-8)25(4)35-36(51-35)37(40-21-27-13-14-30-31(19-27)48-22-47-30)39(7,45)17-10-11-23(2)34-24(3)12-15-32(49-26(5)41)38(6,44)18-16-28(42)20-33(43)50-34/h10-15,17,19,24-25,28-29,32,34-37,40,42,44-45H,9,16,18,20-22H2,1-8H3. The summed E-state index contributed by atoms with van der Waals surface area (Å²) in [5.74, 6) is -0.0394. The van der Waals surface area contributed by atoms with Crippen LogP contribution >= 0.6 is 0 Å². The summed E-state index contributed by atoms with van der Waals surface area (Å²) < 4.78 is 34.2. The van der Waals surface area contributed by atoms with Gasteiger partial charge in [0.05, 0.1) is 36.4 Å². The minimum absolute atomic E-state index is 0.0156. The Morgan fingerprint density at radius 2 is 1.92 bits per heavy atom. The lowest BCUT2D eigenvalue weighted by molar-refractivity contribution is -0.157. The number of benzene rings is 1. The number of carbonyl (C=O) groups is 2. The van der Waals surface area contributed by atoms with Crippen LogP contribution in [0.25, 0.3) is 0 Å². The monoisotopic (exact) mass is 715 g/mol. The van der Waals surface area contributed by atoms with Crippen LogP contribution in [0, 0.1) is 11.8 Å². The van der Waals surface area contributed by atoms with Gasteiger partial charge in [0.25, 0.3) is 0 Å². The van der Waals surface area contributed by atoms with Gasteiger partial charge in [-0.05, 0) is 69.4 Å². The molecule has 12 nitrogen and oxygen atoms in total. The van der Waals surface area contributed by atoms with Gasteiger partial charge in [0.2, 0.25) is 6.79 Å². The zero-order valence-corrected chi connectivity index (χ0v) is 31.2. The van der Waals surface area contributed by atoms with E-state index in [0.29, 0.717) is 23.6 Å². The van der Waals surface area contributed by atoms with Gasteiger partial charge in [-0.1, -0.05) is 51.1 Å². The molecule has 0 aromatic heterocycles. The van der Waals surface area contributed by atoms with Crippen molar-refractivity contribution < 1.29 is 53.3 Å². The molecule has 4 rings (SSSR count). The molecular weight excluding hydrogens is 658 g/mol. The van der Waals surface area contributed by atoms with Crippen LogP contribution in [0.5, 0.6) is 11.5 Å². The maximum absolute atomic E-state index is 12.9. The van der Waals surface area contributed by atoms with Crippen molar-refractivity contribution in [3.8, 4) is 11.5 Å². The maximum atomic E-state index is 12.9. The first-order chi connectivity index (χ1) is 24.1. The SMILES string of the molecule is CCC(OC)C(C)C1OC1C(NCc1ccc2c(c1)OCO2)C(C)(O)C=CC=C(C)C1OC(=O)CC(O)CCC(C)(O)C(OC(C)=O)C=CC1C. The summed E-state index contributed by atoms with van der Waals surface area (Å²) in [6.45, 7) is 13.0. The fraction of sp³-hybridized carbons (Fsp3) is 0.641. The van der Waals surface area contributed by atoms with E-state index in [1.165, 1.54) is 13.8 Å². The normalized spacial score (nSPS) is 31.5. The van der Waals surface area contributed by atoms with Crippen molar-refractivity contribution in [1.29, 1.82) is 0 Å². The van der Waals surface area contributed by atoms with Crippen LogP contribution in [0.1, 0.15) is 79.7 Å². The highest BCUT2D eigenvalue weighted by atomic mass is 16.7. The molecule has 51 heavy (non-hydrogen) atoms. The summed E-state index contributed by atoms with van der Waals surface area (Å²) >= 11 is 0. The highest BCUT2D eigenvalue weighted by molar-refractivity contribution is 5.70. The number of hydrogen-bond donors (Lipinski definition) is 4. The Bertz CT molecular complexity index is 1430. The van der Waals surface area contributed by atoms with E-state index in [2.05, 4.69) is 19.2 Å². The Morgan fingerprint density at radius 1 is 1.20 bits per heavy atom. The van der Waals surface area contributed by atoms with Crippen molar-refractivity contribution in [2.45, 2.75) is 135 Å². The molecule has 1 aromatic carbocycles. The number of carbonyl (C=O) groups excluding carboxylic acids is 2. The number of ether oxygens (including phenoxy) is 6. The molecule has 12 heteroatoms. The predicted octanol–water partition coefficient (Wildman–Crippen LogP) is 4.29. The zero-order valence-electron chi connectivity index (χ0n) is 31.2. The van der Waals surface area contributed by atoms with Gasteiger partial charge in [0, 0.05) is 32.4 Å². The van der Waals surface area contributed by atoms with Crippen LogP contribution in [0.15, 0.2) is 54.2 Å². The first-order valence-corrected chi connectivity index (χ1v) is 17.9. The molecule has 1 fully saturated rings. The van der Waals surface area contributed by atoms with E-state index in [1.54, 1.807) is 44.4 Å². The Balaban J connectivity index is 1.56. The highest BCUT2D eigenvalue weighted by Crippen LogP contribution is 2.39. The van der Waals surface area contributed by atoms with Crippen LogP contribution < -0.4 is 14.8 Å². The molecule has 0 spiro atoms. The van der Waals surface area contributed by atoms with Crippen molar-refractivity contribution in [3.63, 3.8) is 0 Å². The number of esters is 2. The van der Waals surface area contributed by atoms with E-state index >= 15 is 0 Å². The zero-order chi connectivity index (χ0) is 37.5. The van der Waals surface area contributed by atoms with Crippen LogP contribution in [0.3, 0.4) is 0 Å². The third kappa shape index (κ3) is 10.9. The lowest BCUT2D eigenvalue weighted by atomic mass is 9.87. The second kappa shape index (κ2) is 17.5. The third-order valence-electron chi connectivity index (χ3n) is 10.2. The number of nitrogens with one attached hydrogen (secondary N) is 1. The topological polar surface area (TPSA) is 166 Å². The first kappa shape index (κ1) is 40.5. The third-order valence-corrected chi connectivity index (χ3v) is 10.2. The molecule has 0 saturated carbocycles. The number of aliphatic hydroxyl groups excluding tert-OH is 1. The molecule has 284 valence electrons. The van der Waals surface area contributed by atoms with Crippen molar-refractivity contribution in [2.75, 3.05) is 13.9 Å². The lowest BCUT2D eigenvalue weighted by Gasteiger charge is -2.32. The second-order valence-corrected chi connectivity index (χ2v) is 14.6. The molecule has 0 bridgehead atoms. The Labute approximate surface area is 301 Å². The van der Waals surface area contributed by atoms with Gasteiger partial charge in [-0.25, -0.2) is 0 Å². The van der Waals surface area contributed by atoms with Crippen molar-refractivity contribution in [2.24, 2.45) is 11.8 Å². The highest BCUT2D eigenvalue weighted by Gasteiger charge is 2.54. The molecule has 3 heterocycles. The average Bonchev–Trinajstić information content (AvgIpc) is 3.70. The van der Waals surface area contributed by atoms with Gasteiger partial charge >= 0.3 is 11.9 Å². The van der Waals surface area contributed by atoms with Crippen LogP contribution in [0.4, 0.5) is 0 Å². The molecule has 11 unspecified atom stereocenters. The molecule has 4 N–H and O–H groups in total. The smallest absolute Gasteiger partial charge is 0.309 e. The van der Waals surface area contributed by atoms with Crippen LogP contribution in [-0.4, -0.2) is 95.0 Å². The van der Waals surface area contributed by atoms with E-state index in [9.17, 15) is 24.9 Å². The molecule has 0 amide bonds. The van der Waals surface area contributed by atoms with Gasteiger partial charge in [-0.15, -0.1) is 0 Å². The molecular formula is C39H57NO11. The predicted molar refractivity (Wildman–Crippen MR) is 190 cm³/mol. The minimum Gasteiger partial charge on any atom is -0.457 e. The first-order valence-electron chi connectivity index (χ1n) is 17.9. The quantitative estimate of drug-likeness (QED) is 0.0993. The maximum Gasteiger partial charge on any atom is 0.309 e. The summed E-state index contributed by atoms with van der Waals surface area (Å²) in [6, 6.07) is 5.24. The number of hydrogen-bond acceptors (Lipinski definition) is 12. The van der Waals surface area contributed by atoms with Crippen LogP contribution in [0.2, 0.25) is 0 Å². The fourth-order valence-corrected chi connectivity index (χ4v) is 6.95. The number of fused-ring (bicyclic) bond motifs is 1. The number of allylic oxidation sites excluding steroid dienone is 2. The van der Waals surface area contributed by atoms with E-state index < -0.39 is 53.4 Å². The minimum atomic E-state index is -1.46. The van der Waals surface area contributed by atoms with Gasteiger partial charge in [0.1, 0.15) is 23.9 Å². The Kier molecular flexibility index (Phi) is 13.9. The van der Waals surface area contributed by atoms with E-state index in [1.807, 2.05) is 32.0 Å². The number of methoxy groups -OCH3 is 1. The second-order valence-electron chi connectivity index (χ2n) is 14.6. The van der Waals surface area contributed by atoms with E-state index in [-0.39, 0.29) is 50.3 Å². The van der Waals surface area contributed by atoms with Gasteiger partial charge in [-0.3, -0.25) is 9.59 Å². The summed E-state index contributed by atoms with van der Waals surface area (Å²) in [4.78, 5) is 24.7. The molecule has 1 aromatic rings. The molecule has 3 aliphatic heterocycles. The summed E-state index contributed by atoms with van der Waals surface area (Å²) in [6.07, 6.45) is 6.23. The molecule has 11 atom stereocenters. The largest absolute Gasteiger partial charge is 0.457 e. The molecule has 1 saturated heterocycles. The fourth-order valence-electron chi connectivity index (χ4n) is 6.95. The summed E-state index contributed by atoms with van der Waals surface area (Å²) in [7, 11) is 1.70. The molecule has 0 aliphatic carbocycles. The van der Waals surface area contributed by atoms with E-state index in [0.717, 1.165) is 12.0 Å². The number of rotatable bonds is 13. The van der Waals surface area contributed by atoms with Crippen molar-refractivity contribution >= 4 is 11.9 Å². The number of aliphatic hydroxyl groups is 3. The van der Waals surface area contributed by atoms with Gasteiger partial charge in [0.15, 0.2) is 11.5 Å². The van der Waals surface area contributed by atoms with Crippen molar-refractivity contribution in [3.05, 3.63) is 59.7 Å². The number of cyclic esters (lactones) is 1. The van der Waals surface area contributed by atoms with E-state index in [4.69, 9.17) is 28.4 Å². The Hall–Kier alpha value is -3.26. The van der Waals surface area contributed by atoms with Gasteiger partial charge in [-0.2, -0.15) is 0 Å². The van der Waals surface area contributed by atoms with Crippen molar-refractivity contribution in [1.82, 2.24) is 5.32 Å². The summed E-state index contributed by atoms with van der Waals surface area (Å²) in [5.41, 5.74) is -1.19. The van der Waals surface area contributed by atoms with Gasteiger partial charge < -0.3 is 49.1 Å². The number of epoxide rings is 1. The lowest BCUT2D eigenvalue weighted by Crippen LogP contribution is -2.52. The molecule has 0 radical (unpaired) electrons. The summed E-state index contributed by atoms with van der Waals surface area (Å²) in [5, 5.41) is 37.1. The molecule has 3 aliphatic rings.